The Hall–Kier alpha value is -3.68. The minimum absolute atomic E-state index is 0.0788. The standard InChI is InChI=1S/C24H28N2O6/c1-14(2)10-20(26-21(27)19-9-7-6-8-15(19)3)22(28)25-18-12-16(23(29)31-4)11-17(13-18)24(30)32-5/h6-9,11-14,20H,10H2,1-5H3,(H,25,28)(H,26,27). The number of rotatable bonds is 8. The van der Waals surface area contributed by atoms with Gasteiger partial charge in [-0.25, -0.2) is 9.59 Å². The van der Waals surface area contributed by atoms with Gasteiger partial charge in [0, 0.05) is 11.3 Å². The number of hydrogen-bond acceptors (Lipinski definition) is 6. The Bertz CT molecular complexity index is 981. The van der Waals surface area contributed by atoms with Gasteiger partial charge >= 0.3 is 11.9 Å². The van der Waals surface area contributed by atoms with Crippen LogP contribution in [0.5, 0.6) is 0 Å². The first-order chi connectivity index (χ1) is 15.2. The summed E-state index contributed by atoms with van der Waals surface area (Å²) in [5, 5.41) is 5.48. The number of amides is 2. The van der Waals surface area contributed by atoms with Gasteiger partial charge in [-0.1, -0.05) is 32.0 Å². The van der Waals surface area contributed by atoms with Gasteiger partial charge in [0.15, 0.2) is 0 Å². The molecule has 0 aliphatic rings. The summed E-state index contributed by atoms with van der Waals surface area (Å²) < 4.78 is 9.43. The Labute approximate surface area is 187 Å². The average Bonchev–Trinajstić information content (AvgIpc) is 2.77. The topological polar surface area (TPSA) is 111 Å². The lowest BCUT2D eigenvalue weighted by atomic mass is 10.0. The molecule has 0 bridgehead atoms. The summed E-state index contributed by atoms with van der Waals surface area (Å²) in [6.07, 6.45) is 0.393. The number of ether oxygens (including phenoxy) is 2. The summed E-state index contributed by atoms with van der Waals surface area (Å²) in [6, 6.07) is 10.4. The van der Waals surface area contributed by atoms with Crippen LogP contribution < -0.4 is 10.6 Å². The lowest BCUT2D eigenvalue weighted by Crippen LogP contribution is -2.44. The molecule has 32 heavy (non-hydrogen) atoms. The zero-order valence-electron chi connectivity index (χ0n) is 18.9. The quantitative estimate of drug-likeness (QED) is 0.609. The van der Waals surface area contributed by atoms with Crippen molar-refractivity contribution < 1.29 is 28.7 Å². The number of carbonyl (C=O) groups is 4. The first kappa shape index (κ1) is 24.6. The molecule has 0 radical (unpaired) electrons. The van der Waals surface area contributed by atoms with E-state index < -0.39 is 23.9 Å². The van der Waals surface area contributed by atoms with Crippen LogP contribution in [0.25, 0.3) is 0 Å². The molecule has 0 aromatic heterocycles. The molecule has 0 heterocycles. The smallest absolute Gasteiger partial charge is 0.337 e. The molecule has 0 saturated carbocycles. The Kier molecular flexibility index (Phi) is 8.52. The van der Waals surface area contributed by atoms with Gasteiger partial charge in [0.1, 0.15) is 6.04 Å². The highest BCUT2D eigenvalue weighted by molar-refractivity contribution is 6.03. The van der Waals surface area contributed by atoms with Gasteiger partial charge in [-0.05, 0) is 49.1 Å². The molecule has 2 aromatic carbocycles. The van der Waals surface area contributed by atoms with Crippen LogP contribution in [0.15, 0.2) is 42.5 Å². The third-order valence-electron chi connectivity index (χ3n) is 4.76. The molecule has 2 rings (SSSR count). The van der Waals surface area contributed by atoms with E-state index in [4.69, 9.17) is 9.47 Å². The highest BCUT2D eigenvalue weighted by Gasteiger charge is 2.24. The van der Waals surface area contributed by atoms with E-state index in [2.05, 4.69) is 10.6 Å². The normalized spacial score (nSPS) is 11.4. The predicted molar refractivity (Wildman–Crippen MR) is 120 cm³/mol. The van der Waals surface area contributed by atoms with Gasteiger partial charge in [-0.3, -0.25) is 9.59 Å². The maximum absolute atomic E-state index is 13.0. The first-order valence-electron chi connectivity index (χ1n) is 10.1. The maximum atomic E-state index is 13.0. The highest BCUT2D eigenvalue weighted by Crippen LogP contribution is 2.18. The molecule has 170 valence electrons. The van der Waals surface area contributed by atoms with E-state index in [-0.39, 0.29) is 28.6 Å². The van der Waals surface area contributed by atoms with Crippen LogP contribution in [0.3, 0.4) is 0 Å². The van der Waals surface area contributed by atoms with Crippen molar-refractivity contribution in [2.75, 3.05) is 19.5 Å². The molecule has 1 atom stereocenters. The van der Waals surface area contributed by atoms with Gasteiger partial charge in [0.2, 0.25) is 5.91 Å². The zero-order valence-corrected chi connectivity index (χ0v) is 18.9. The van der Waals surface area contributed by atoms with E-state index in [0.717, 1.165) is 5.56 Å². The molecule has 0 aliphatic carbocycles. The zero-order chi connectivity index (χ0) is 23.8. The van der Waals surface area contributed by atoms with Crippen LogP contribution in [0, 0.1) is 12.8 Å². The number of methoxy groups -OCH3 is 2. The van der Waals surface area contributed by atoms with Crippen molar-refractivity contribution in [2.24, 2.45) is 5.92 Å². The molecule has 8 nitrogen and oxygen atoms in total. The van der Waals surface area contributed by atoms with Gasteiger partial charge < -0.3 is 20.1 Å². The molecule has 0 aliphatic heterocycles. The average molecular weight is 440 g/mol. The Morgan fingerprint density at radius 2 is 1.47 bits per heavy atom. The summed E-state index contributed by atoms with van der Waals surface area (Å²) in [4.78, 5) is 49.8. The summed E-state index contributed by atoms with van der Waals surface area (Å²) in [6.45, 7) is 5.69. The number of anilines is 1. The molecule has 1 unspecified atom stereocenters. The number of benzene rings is 2. The minimum Gasteiger partial charge on any atom is -0.465 e. The fourth-order valence-electron chi connectivity index (χ4n) is 3.17. The minimum atomic E-state index is -0.828. The van der Waals surface area contributed by atoms with E-state index in [1.165, 1.54) is 32.4 Å². The van der Waals surface area contributed by atoms with Gasteiger partial charge in [0.05, 0.1) is 25.3 Å². The van der Waals surface area contributed by atoms with Crippen LogP contribution in [0.2, 0.25) is 0 Å². The second-order valence-electron chi connectivity index (χ2n) is 7.74. The van der Waals surface area contributed by atoms with Crippen molar-refractivity contribution in [3.8, 4) is 0 Å². The number of carbonyl (C=O) groups excluding carboxylic acids is 4. The first-order valence-corrected chi connectivity index (χ1v) is 10.1. The number of aryl methyl sites for hydroxylation is 1. The lowest BCUT2D eigenvalue weighted by molar-refractivity contribution is -0.118. The monoisotopic (exact) mass is 440 g/mol. The van der Waals surface area contributed by atoms with E-state index in [1.54, 1.807) is 12.1 Å². The number of nitrogens with one attached hydrogen (secondary N) is 2. The second-order valence-corrected chi connectivity index (χ2v) is 7.74. The van der Waals surface area contributed by atoms with E-state index in [9.17, 15) is 19.2 Å². The summed E-state index contributed by atoms with van der Waals surface area (Å²) >= 11 is 0. The molecule has 0 saturated heterocycles. The largest absolute Gasteiger partial charge is 0.465 e. The fourth-order valence-corrected chi connectivity index (χ4v) is 3.17. The molecular formula is C24H28N2O6. The molecule has 2 amide bonds. The van der Waals surface area contributed by atoms with Gasteiger partial charge in [0.25, 0.3) is 5.91 Å². The molecule has 2 N–H and O–H groups in total. The van der Waals surface area contributed by atoms with Crippen molar-refractivity contribution in [3.63, 3.8) is 0 Å². The van der Waals surface area contributed by atoms with Crippen LogP contribution in [0.1, 0.15) is 56.9 Å². The SMILES string of the molecule is COC(=O)c1cc(NC(=O)C(CC(C)C)NC(=O)c2ccccc2C)cc(C(=O)OC)c1. The van der Waals surface area contributed by atoms with Crippen LogP contribution in [-0.4, -0.2) is 44.0 Å². The molecule has 0 spiro atoms. The Morgan fingerprint density at radius 1 is 0.906 bits per heavy atom. The third-order valence-corrected chi connectivity index (χ3v) is 4.76. The van der Waals surface area contributed by atoms with E-state index in [1.807, 2.05) is 32.9 Å². The van der Waals surface area contributed by atoms with Crippen molar-refractivity contribution in [1.29, 1.82) is 0 Å². The molecule has 2 aromatic rings. The van der Waals surface area contributed by atoms with Crippen molar-refractivity contribution in [2.45, 2.75) is 33.2 Å². The summed E-state index contributed by atoms with van der Waals surface area (Å²) in [7, 11) is 2.43. The van der Waals surface area contributed by atoms with E-state index in [0.29, 0.717) is 12.0 Å². The van der Waals surface area contributed by atoms with Gasteiger partial charge in [-0.15, -0.1) is 0 Å². The third kappa shape index (κ3) is 6.41. The maximum Gasteiger partial charge on any atom is 0.337 e. The second kappa shape index (κ2) is 11.1. The molecule has 0 fully saturated rings. The van der Waals surface area contributed by atoms with Crippen molar-refractivity contribution >= 4 is 29.4 Å². The number of esters is 2. The Balaban J connectivity index is 2.30. The van der Waals surface area contributed by atoms with Crippen molar-refractivity contribution in [1.82, 2.24) is 5.32 Å². The highest BCUT2D eigenvalue weighted by atomic mass is 16.5. The predicted octanol–water partition coefficient (Wildman–Crippen LogP) is 3.35. The number of hydrogen-bond donors (Lipinski definition) is 2. The van der Waals surface area contributed by atoms with Gasteiger partial charge in [-0.2, -0.15) is 0 Å². The van der Waals surface area contributed by atoms with Crippen LogP contribution in [-0.2, 0) is 14.3 Å². The fraction of sp³-hybridized carbons (Fsp3) is 0.333. The van der Waals surface area contributed by atoms with Crippen LogP contribution >= 0.6 is 0 Å². The molecular weight excluding hydrogens is 412 g/mol. The van der Waals surface area contributed by atoms with E-state index >= 15 is 0 Å². The van der Waals surface area contributed by atoms with Crippen LogP contribution in [0.4, 0.5) is 5.69 Å². The Morgan fingerprint density at radius 3 is 1.97 bits per heavy atom. The summed E-state index contributed by atoms with van der Waals surface area (Å²) in [5.74, 6) is -2.05. The summed E-state index contributed by atoms with van der Waals surface area (Å²) in [5.41, 5.74) is 1.64. The lowest BCUT2D eigenvalue weighted by Gasteiger charge is -2.21. The molecule has 8 heteroatoms. The van der Waals surface area contributed by atoms with Crippen molar-refractivity contribution in [3.05, 3.63) is 64.7 Å².